The highest BCUT2D eigenvalue weighted by Gasteiger charge is 2.06. The van der Waals surface area contributed by atoms with Crippen molar-refractivity contribution in [2.24, 2.45) is 0 Å². The minimum Gasteiger partial charge on any atom is -0.366 e. The molecule has 0 fully saturated rings. The number of benzene rings is 1. The van der Waals surface area contributed by atoms with E-state index in [4.69, 9.17) is 0 Å². The number of rotatable bonds is 5. The van der Waals surface area contributed by atoms with E-state index in [0.29, 0.717) is 0 Å². The molecule has 3 aromatic rings. The molecule has 0 saturated heterocycles. The van der Waals surface area contributed by atoms with Gasteiger partial charge in [-0.25, -0.2) is 14.6 Å². The van der Waals surface area contributed by atoms with Gasteiger partial charge in [0.2, 0.25) is 0 Å². The number of aryl methyl sites for hydroxylation is 2. The fourth-order valence-corrected chi connectivity index (χ4v) is 2.76. The van der Waals surface area contributed by atoms with Crippen molar-refractivity contribution in [3.8, 4) is 5.82 Å². The van der Waals surface area contributed by atoms with Crippen molar-refractivity contribution in [1.82, 2.24) is 19.7 Å². The summed E-state index contributed by atoms with van der Waals surface area (Å²) in [4.78, 5) is 9.86. The van der Waals surface area contributed by atoms with Crippen LogP contribution in [-0.2, 0) is 6.54 Å². The van der Waals surface area contributed by atoms with Gasteiger partial charge in [-0.1, -0.05) is 12.1 Å². The van der Waals surface area contributed by atoms with Crippen LogP contribution in [0, 0.1) is 13.8 Å². The van der Waals surface area contributed by atoms with Crippen molar-refractivity contribution in [2.45, 2.75) is 25.3 Å². The molecule has 0 spiro atoms. The van der Waals surface area contributed by atoms with E-state index in [-0.39, 0.29) is 0 Å². The highest BCUT2D eigenvalue weighted by molar-refractivity contribution is 7.98. The van der Waals surface area contributed by atoms with Gasteiger partial charge in [0.1, 0.15) is 12.1 Å². The smallest absolute Gasteiger partial charge is 0.159 e. The molecule has 6 heteroatoms. The maximum absolute atomic E-state index is 4.46. The lowest BCUT2D eigenvalue weighted by molar-refractivity contribution is 0.800. The Morgan fingerprint density at radius 1 is 1.09 bits per heavy atom. The largest absolute Gasteiger partial charge is 0.366 e. The van der Waals surface area contributed by atoms with Crippen molar-refractivity contribution in [1.29, 1.82) is 0 Å². The van der Waals surface area contributed by atoms with Gasteiger partial charge in [0.25, 0.3) is 0 Å². The molecule has 3 rings (SSSR count). The number of anilines is 1. The van der Waals surface area contributed by atoms with Crippen LogP contribution in [0.2, 0.25) is 0 Å². The number of hydrogen-bond acceptors (Lipinski definition) is 5. The summed E-state index contributed by atoms with van der Waals surface area (Å²) in [6, 6.07) is 12.5. The summed E-state index contributed by atoms with van der Waals surface area (Å²) in [6.07, 6.45) is 3.64. The van der Waals surface area contributed by atoms with Gasteiger partial charge in [0, 0.05) is 23.2 Å². The summed E-state index contributed by atoms with van der Waals surface area (Å²) in [5.74, 6) is 1.56. The van der Waals surface area contributed by atoms with Crippen LogP contribution in [0.5, 0.6) is 0 Å². The Balaban J connectivity index is 1.73. The maximum atomic E-state index is 4.46. The monoisotopic (exact) mass is 325 g/mol. The average molecular weight is 325 g/mol. The molecule has 0 unspecified atom stereocenters. The van der Waals surface area contributed by atoms with Crippen LogP contribution >= 0.6 is 11.8 Å². The summed E-state index contributed by atoms with van der Waals surface area (Å²) < 4.78 is 1.83. The Morgan fingerprint density at radius 3 is 2.52 bits per heavy atom. The lowest BCUT2D eigenvalue weighted by atomic mass is 10.2. The van der Waals surface area contributed by atoms with Crippen LogP contribution in [-0.4, -0.2) is 26.0 Å². The van der Waals surface area contributed by atoms with Crippen LogP contribution in [0.15, 0.2) is 47.6 Å². The van der Waals surface area contributed by atoms with Gasteiger partial charge >= 0.3 is 0 Å². The van der Waals surface area contributed by atoms with Gasteiger partial charge in [0.05, 0.1) is 5.69 Å². The molecule has 0 bridgehead atoms. The van der Waals surface area contributed by atoms with Gasteiger partial charge in [-0.3, -0.25) is 0 Å². The SMILES string of the molecule is CSc1ccc(CNc2cc(-n3nc(C)cc3C)ncn2)cc1. The minimum absolute atomic E-state index is 0.724. The molecule has 0 saturated carbocycles. The zero-order valence-electron chi connectivity index (χ0n) is 13.4. The van der Waals surface area contributed by atoms with Crippen molar-refractivity contribution in [3.63, 3.8) is 0 Å². The lowest BCUT2D eigenvalue weighted by Crippen LogP contribution is -2.06. The molecule has 0 aliphatic carbocycles. The summed E-state index contributed by atoms with van der Waals surface area (Å²) in [5, 5.41) is 7.79. The molecule has 5 nitrogen and oxygen atoms in total. The van der Waals surface area contributed by atoms with Crippen LogP contribution in [0.4, 0.5) is 5.82 Å². The standard InChI is InChI=1S/C17H19N5S/c1-12-8-13(2)22(21-12)17-9-16(19-11-20-17)18-10-14-4-6-15(23-3)7-5-14/h4-9,11H,10H2,1-3H3,(H,18,19,20). The van der Waals surface area contributed by atoms with Crippen LogP contribution in [0.3, 0.4) is 0 Å². The van der Waals surface area contributed by atoms with Crippen molar-refractivity contribution >= 4 is 17.6 Å². The number of nitrogens with zero attached hydrogens (tertiary/aromatic N) is 4. The first-order valence-electron chi connectivity index (χ1n) is 7.38. The van der Waals surface area contributed by atoms with Gasteiger partial charge in [0.15, 0.2) is 5.82 Å². The number of aromatic nitrogens is 4. The van der Waals surface area contributed by atoms with Crippen molar-refractivity contribution in [2.75, 3.05) is 11.6 Å². The number of nitrogens with one attached hydrogen (secondary N) is 1. The molecule has 1 aromatic carbocycles. The predicted molar refractivity (Wildman–Crippen MR) is 94.2 cm³/mol. The topological polar surface area (TPSA) is 55.6 Å². The molecule has 0 radical (unpaired) electrons. The molecular weight excluding hydrogens is 306 g/mol. The first-order valence-corrected chi connectivity index (χ1v) is 8.60. The van der Waals surface area contributed by atoms with E-state index < -0.39 is 0 Å². The number of thioether (sulfide) groups is 1. The molecule has 0 aliphatic heterocycles. The zero-order chi connectivity index (χ0) is 16.2. The van der Waals surface area contributed by atoms with E-state index in [1.165, 1.54) is 10.5 Å². The van der Waals surface area contributed by atoms with Crippen molar-refractivity contribution < 1.29 is 0 Å². The predicted octanol–water partition coefficient (Wildman–Crippen LogP) is 3.61. The Bertz CT molecular complexity index is 795. The summed E-state index contributed by atoms with van der Waals surface area (Å²) >= 11 is 1.74. The number of hydrogen-bond donors (Lipinski definition) is 1. The Kier molecular flexibility index (Phi) is 4.62. The Morgan fingerprint density at radius 2 is 1.87 bits per heavy atom. The summed E-state index contributed by atoms with van der Waals surface area (Å²) in [5.41, 5.74) is 3.25. The Hall–Kier alpha value is -2.34. The van der Waals surface area contributed by atoms with E-state index in [9.17, 15) is 0 Å². The second-order valence-electron chi connectivity index (χ2n) is 5.30. The van der Waals surface area contributed by atoms with Crippen molar-refractivity contribution in [3.05, 3.63) is 59.7 Å². The van der Waals surface area contributed by atoms with Gasteiger partial charge in [-0.05, 0) is 43.9 Å². The first-order chi connectivity index (χ1) is 11.2. The second kappa shape index (κ2) is 6.83. The van der Waals surface area contributed by atoms with E-state index in [2.05, 4.69) is 50.9 Å². The third-order valence-corrected chi connectivity index (χ3v) is 4.26. The molecule has 0 amide bonds. The van der Waals surface area contributed by atoms with Crippen LogP contribution in [0.25, 0.3) is 5.82 Å². The molecule has 2 aromatic heterocycles. The summed E-state index contributed by atoms with van der Waals surface area (Å²) in [7, 11) is 0. The lowest BCUT2D eigenvalue weighted by Gasteiger charge is -2.08. The van der Waals surface area contributed by atoms with Gasteiger partial charge in [-0.15, -0.1) is 11.8 Å². The quantitative estimate of drug-likeness (QED) is 0.726. The fourth-order valence-electron chi connectivity index (χ4n) is 2.36. The highest BCUT2D eigenvalue weighted by atomic mass is 32.2. The van der Waals surface area contributed by atoms with Gasteiger partial charge in [-0.2, -0.15) is 5.10 Å². The van der Waals surface area contributed by atoms with E-state index >= 15 is 0 Å². The van der Waals surface area contributed by atoms with Gasteiger partial charge < -0.3 is 5.32 Å². The fraction of sp³-hybridized carbons (Fsp3) is 0.235. The molecule has 23 heavy (non-hydrogen) atoms. The third kappa shape index (κ3) is 3.71. The third-order valence-electron chi connectivity index (χ3n) is 3.51. The molecule has 1 N–H and O–H groups in total. The first kappa shape index (κ1) is 15.6. The Labute approximate surface area is 140 Å². The van der Waals surface area contributed by atoms with E-state index in [1.54, 1.807) is 18.1 Å². The minimum atomic E-state index is 0.724. The maximum Gasteiger partial charge on any atom is 0.159 e. The molecule has 2 heterocycles. The average Bonchev–Trinajstić information content (AvgIpc) is 2.92. The normalized spacial score (nSPS) is 10.7. The van der Waals surface area contributed by atoms with Crippen LogP contribution in [0.1, 0.15) is 17.0 Å². The molecule has 0 aliphatic rings. The van der Waals surface area contributed by atoms with E-state index in [0.717, 1.165) is 29.6 Å². The second-order valence-corrected chi connectivity index (χ2v) is 6.18. The molecule has 0 atom stereocenters. The highest BCUT2D eigenvalue weighted by Crippen LogP contribution is 2.16. The molecular formula is C17H19N5S. The van der Waals surface area contributed by atoms with Crippen LogP contribution < -0.4 is 5.32 Å². The molecule has 118 valence electrons. The summed E-state index contributed by atoms with van der Waals surface area (Å²) in [6.45, 7) is 4.72. The zero-order valence-corrected chi connectivity index (χ0v) is 14.3. The van der Waals surface area contributed by atoms with E-state index in [1.807, 2.05) is 30.7 Å².